The van der Waals surface area contributed by atoms with E-state index in [-0.39, 0.29) is 11.7 Å². The molecule has 0 radical (unpaired) electrons. The number of nitrogens with zero attached hydrogens (tertiary/aromatic N) is 2. The van der Waals surface area contributed by atoms with E-state index in [0.717, 1.165) is 17.3 Å². The fraction of sp³-hybridized carbons (Fsp3) is 0.667. The molecule has 1 aliphatic heterocycles. The van der Waals surface area contributed by atoms with Crippen molar-refractivity contribution < 1.29 is 8.42 Å². The lowest BCUT2D eigenvalue weighted by atomic mass is 10.3. The molecule has 0 aromatic heterocycles. The molecule has 1 heterocycles. The van der Waals surface area contributed by atoms with Gasteiger partial charge in [-0.2, -0.15) is 4.41 Å². The van der Waals surface area contributed by atoms with Crippen LogP contribution in [0.5, 0.6) is 0 Å². The number of unbranched alkanes of at least 4 members (excludes halogenated alkanes) is 2. The number of rotatable bonds is 5. The van der Waals surface area contributed by atoms with Crippen LogP contribution in [-0.4, -0.2) is 36.1 Å². The first-order chi connectivity index (χ1) is 7.49. The van der Waals surface area contributed by atoms with Crippen LogP contribution < -0.4 is 5.73 Å². The molecule has 16 heavy (non-hydrogen) atoms. The standard InChI is InChI=1S/C9H18N4O2S/c1-2-3-4-8-16(14,15)13-7-5-6-12(13)9(10)11/h5,7H,2-4,6,8H2,1H3,(H3,10,11). The van der Waals surface area contributed by atoms with Crippen molar-refractivity contribution in [3.63, 3.8) is 0 Å². The molecule has 0 spiro atoms. The molecule has 0 amide bonds. The van der Waals surface area contributed by atoms with Gasteiger partial charge in [0.05, 0.1) is 12.3 Å². The topological polar surface area (TPSA) is 90.5 Å². The van der Waals surface area contributed by atoms with Gasteiger partial charge in [0.15, 0.2) is 0 Å². The molecule has 3 N–H and O–H groups in total. The van der Waals surface area contributed by atoms with E-state index in [2.05, 4.69) is 0 Å². The van der Waals surface area contributed by atoms with E-state index >= 15 is 0 Å². The van der Waals surface area contributed by atoms with Gasteiger partial charge in [-0.05, 0) is 12.5 Å². The minimum atomic E-state index is -3.37. The summed E-state index contributed by atoms with van der Waals surface area (Å²) >= 11 is 0. The van der Waals surface area contributed by atoms with E-state index in [1.807, 2.05) is 6.92 Å². The predicted octanol–water partition coefficient (Wildman–Crippen LogP) is 0.446. The van der Waals surface area contributed by atoms with Crippen molar-refractivity contribution in [1.29, 1.82) is 5.41 Å². The first kappa shape index (κ1) is 12.8. The summed E-state index contributed by atoms with van der Waals surface area (Å²) < 4.78 is 24.9. The maximum atomic E-state index is 11.9. The normalized spacial score (nSPS) is 15.8. The third-order valence-corrected chi connectivity index (χ3v) is 4.01. The zero-order valence-electron chi connectivity index (χ0n) is 9.39. The average molecular weight is 246 g/mol. The highest BCUT2D eigenvalue weighted by atomic mass is 32.2. The fourth-order valence-corrected chi connectivity index (χ4v) is 2.96. The quantitative estimate of drug-likeness (QED) is 0.418. The van der Waals surface area contributed by atoms with Gasteiger partial charge in [-0.3, -0.25) is 5.41 Å². The van der Waals surface area contributed by atoms with Gasteiger partial charge in [-0.1, -0.05) is 19.8 Å². The zero-order chi connectivity index (χ0) is 12.2. The van der Waals surface area contributed by atoms with Crippen LogP contribution in [0.15, 0.2) is 12.3 Å². The third-order valence-electron chi connectivity index (χ3n) is 2.32. The molecule has 6 nitrogen and oxygen atoms in total. The van der Waals surface area contributed by atoms with E-state index < -0.39 is 10.0 Å². The van der Waals surface area contributed by atoms with Gasteiger partial charge in [-0.15, -0.1) is 0 Å². The van der Waals surface area contributed by atoms with Crippen LogP contribution >= 0.6 is 0 Å². The van der Waals surface area contributed by atoms with E-state index in [1.54, 1.807) is 6.08 Å². The van der Waals surface area contributed by atoms with Crippen molar-refractivity contribution in [2.24, 2.45) is 5.73 Å². The van der Waals surface area contributed by atoms with Crippen LogP contribution in [0.4, 0.5) is 0 Å². The Bertz CT molecular complexity index is 377. The Morgan fingerprint density at radius 2 is 2.19 bits per heavy atom. The first-order valence-electron chi connectivity index (χ1n) is 5.29. The molecule has 1 aliphatic rings. The maximum Gasteiger partial charge on any atom is 0.252 e. The summed E-state index contributed by atoms with van der Waals surface area (Å²) in [5.41, 5.74) is 5.30. The van der Waals surface area contributed by atoms with Gasteiger partial charge in [0.2, 0.25) is 5.96 Å². The minimum Gasteiger partial charge on any atom is -0.369 e. The molecule has 0 aliphatic carbocycles. The molecule has 0 fully saturated rings. The largest absolute Gasteiger partial charge is 0.369 e. The van der Waals surface area contributed by atoms with Crippen LogP contribution in [0, 0.1) is 5.41 Å². The van der Waals surface area contributed by atoms with Crippen molar-refractivity contribution in [3.05, 3.63) is 12.3 Å². The molecule has 0 bridgehead atoms. The van der Waals surface area contributed by atoms with Gasteiger partial charge >= 0.3 is 0 Å². The first-order valence-corrected chi connectivity index (χ1v) is 6.90. The van der Waals surface area contributed by atoms with E-state index in [4.69, 9.17) is 11.1 Å². The summed E-state index contributed by atoms with van der Waals surface area (Å²) in [5, 5.41) is 8.50. The number of hydrogen-bond donors (Lipinski definition) is 2. The number of guanidine groups is 1. The summed E-state index contributed by atoms with van der Waals surface area (Å²) in [6.45, 7) is 2.35. The van der Waals surface area contributed by atoms with Gasteiger partial charge in [0.1, 0.15) is 0 Å². The Morgan fingerprint density at radius 3 is 2.75 bits per heavy atom. The second-order valence-corrected chi connectivity index (χ2v) is 5.59. The Morgan fingerprint density at radius 1 is 1.50 bits per heavy atom. The highest BCUT2D eigenvalue weighted by Crippen LogP contribution is 2.14. The SMILES string of the molecule is CCCCCS(=O)(=O)N1C=CCN1C(=N)N. The molecule has 0 unspecified atom stereocenters. The molecular weight excluding hydrogens is 228 g/mol. The number of hydrazine groups is 1. The van der Waals surface area contributed by atoms with Gasteiger partial charge < -0.3 is 5.73 Å². The maximum absolute atomic E-state index is 11.9. The molecule has 0 atom stereocenters. The van der Waals surface area contributed by atoms with Crippen molar-refractivity contribution in [2.45, 2.75) is 26.2 Å². The molecule has 0 saturated carbocycles. The lowest BCUT2D eigenvalue weighted by Crippen LogP contribution is -2.47. The third kappa shape index (κ3) is 2.88. The summed E-state index contributed by atoms with van der Waals surface area (Å²) in [6, 6.07) is 0. The summed E-state index contributed by atoms with van der Waals surface area (Å²) in [7, 11) is -3.37. The lowest BCUT2D eigenvalue weighted by molar-refractivity contribution is 0.245. The van der Waals surface area contributed by atoms with Gasteiger partial charge in [-0.25, -0.2) is 13.4 Å². The van der Waals surface area contributed by atoms with Crippen molar-refractivity contribution in [2.75, 3.05) is 12.3 Å². The second-order valence-electron chi connectivity index (χ2n) is 3.65. The van der Waals surface area contributed by atoms with Crippen LogP contribution in [0.1, 0.15) is 26.2 Å². The minimum absolute atomic E-state index is 0.0922. The van der Waals surface area contributed by atoms with Crippen molar-refractivity contribution in [1.82, 2.24) is 9.42 Å². The van der Waals surface area contributed by atoms with E-state index in [0.29, 0.717) is 13.0 Å². The highest BCUT2D eigenvalue weighted by Gasteiger charge is 2.28. The van der Waals surface area contributed by atoms with Crippen LogP contribution in [0.3, 0.4) is 0 Å². The fourth-order valence-electron chi connectivity index (χ4n) is 1.47. The molecule has 0 aromatic rings. The lowest BCUT2D eigenvalue weighted by Gasteiger charge is -2.28. The van der Waals surface area contributed by atoms with Crippen molar-refractivity contribution >= 4 is 16.0 Å². The predicted molar refractivity (Wildman–Crippen MR) is 62.9 cm³/mol. The zero-order valence-corrected chi connectivity index (χ0v) is 10.2. The van der Waals surface area contributed by atoms with Crippen LogP contribution in [0.2, 0.25) is 0 Å². The Kier molecular flexibility index (Phi) is 4.17. The summed E-state index contributed by atoms with van der Waals surface area (Å²) in [4.78, 5) is 0. The molecule has 0 aromatic carbocycles. The highest BCUT2D eigenvalue weighted by molar-refractivity contribution is 7.89. The van der Waals surface area contributed by atoms with E-state index in [9.17, 15) is 8.42 Å². The summed E-state index contributed by atoms with van der Waals surface area (Å²) in [6.07, 6.45) is 5.61. The number of sulfonamides is 1. The summed E-state index contributed by atoms with van der Waals surface area (Å²) in [5.74, 6) is -0.168. The monoisotopic (exact) mass is 246 g/mol. The Balaban J connectivity index is 2.67. The number of hydrogen-bond acceptors (Lipinski definition) is 3. The average Bonchev–Trinajstić information content (AvgIpc) is 2.66. The molecule has 0 saturated heterocycles. The second kappa shape index (κ2) is 5.20. The van der Waals surface area contributed by atoms with E-state index in [1.165, 1.54) is 11.2 Å². The van der Waals surface area contributed by atoms with Crippen molar-refractivity contribution in [3.8, 4) is 0 Å². The van der Waals surface area contributed by atoms with Crippen LogP contribution in [-0.2, 0) is 10.0 Å². The Hall–Kier alpha value is -1.24. The van der Waals surface area contributed by atoms with Gasteiger partial charge in [0.25, 0.3) is 10.0 Å². The van der Waals surface area contributed by atoms with Gasteiger partial charge in [0, 0.05) is 6.20 Å². The smallest absolute Gasteiger partial charge is 0.252 e. The number of nitrogens with two attached hydrogens (primary N) is 1. The molecule has 7 heteroatoms. The van der Waals surface area contributed by atoms with Crippen LogP contribution in [0.25, 0.3) is 0 Å². The molecule has 1 rings (SSSR count). The Labute approximate surface area is 96.2 Å². The molecular formula is C9H18N4O2S. The molecule has 92 valence electrons. The number of nitrogens with one attached hydrogen (secondary N) is 1.